The Balaban J connectivity index is 2.45. The van der Waals surface area contributed by atoms with Crippen LogP contribution < -0.4 is 5.32 Å². The number of carbonyl (C=O) groups excluding carboxylic acids is 1. The Morgan fingerprint density at radius 1 is 1.47 bits per heavy atom. The smallest absolute Gasteiger partial charge is 0.239 e. The number of aromatic nitrogens is 1. The van der Waals surface area contributed by atoms with E-state index < -0.39 is 0 Å². The largest absolute Gasteiger partial charge is 0.395 e. The maximum Gasteiger partial charge on any atom is 0.239 e. The van der Waals surface area contributed by atoms with Crippen molar-refractivity contribution in [3.05, 3.63) is 22.8 Å². The van der Waals surface area contributed by atoms with Crippen molar-refractivity contribution in [3.63, 3.8) is 0 Å². The van der Waals surface area contributed by atoms with Crippen LogP contribution in [0, 0.1) is 0 Å². The fraction of sp³-hybridized carbons (Fsp3) is 0.538. The van der Waals surface area contributed by atoms with E-state index in [1.54, 1.807) is 12.3 Å². The minimum atomic E-state index is -0.112. The molecule has 1 rings (SSSR count). The molecule has 0 aliphatic heterocycles. The molecule has 0 aliphatic carbocycles. The molecule has 0 radical (unpaired) electrons. The van der Waals surface area contributed by atoms with Crippen LogP contribution in [0.15, 0.2) is 22.8 Å². The number of nitrogens with one attached hydrogen (secondary N) is 1. The summed E-state index contributed by atoms with van der Waals surface area (Å²) >= 11 is 3.29. The third-order valence-electron chi connectivity index (χ3n) is 2.61. The summed E-state index contributed by atoms with van der Waals surface area (Å²) in [6, 6.07) is 3.57. The molecule has 1 heterocycles. The Morgan fingerprint density at radius 2 is 2.26 bits per heavy atom. The Kier molecular flexibility index (Phi) is 7.62. The number of halogens is 1. The number of carbonyl (C=O) groups is 1. The quantitative estimate of drug-likeness (QED) is 0.764. The van der Waals surface area contributed by atoms with E-state index in [-0.39, 0.29) is 19.1 Å². The highest BCUT2D eigenvalue weighted by molar-refractivity contribution is 9.10. The minimum Gasteiger partial charge on any atom is -0.395 e. The molecule has 1 aromatic rings. The van der Waals surface area contributed by atoms with Gasteiger partial charge in [0.05, 0.1) is 13.2 Å². The first-order valence-corrected chi connectivity index (χ1v) is 7.19. The molecule has 1 amide bonds. The number of hydrogen-bond donors (Lipinski definition) is 2. The summed E-state index contributed by atoms with van der Waals surface area (Å²) < 4.78 is 0.871. The van der Waals surface area contributed by atoms with Crippen LogP contribution in [0.25, 0.3) is 0 Å². The Hall–Kier alpha value is -0.980. The third-order valence-corrected chi connectivity index (χ3v) is 3.08. The summed E-state index contributed by atoms with van der Waals surface area (Å²) in [5.41, 5.74) is 0. The molecule has 1 aromatic heterocycles. The Labute approximate surface area is 122 Å². The molecule has 19 heavy (non-hydrogen) atoms. The topological polar surface area (TPSA) is 65.5 Å². The first-order chi connectivity index (χ1) is 9.15. The number of hydrogen-bond acceptors (Lipinski definition) is 4. The molecule has 0 unspecified atom stereocenters. The lowest BCUT2D eigenvalue weighted by atomic mass is 10.3. The first kappa shape index (κ1) is 16.1. The Bertz CT molecular complexity index is 384. The van der Waals surface area contributed by atoms with Crippen molar-refractivity contribution in [2.24, 2.45) is 0 Å². The molecular weight excluding hydrogens is 310 g/mol. The van der Waals surface area contributed by atoms with Crippen LogP contribution in [-0.2, 0) is 4.79 Å². The van der Waals surface area contributed by atoms with Gasteiger partial charge in [0.2, 0.25) is 5.91 Å². The van der Waals surface area contributed by atoms with Crippen molar-refractivity contribution in [1.82, 2.24) is 9.88 Å². The molecule has 2 N–H and O–H groups in total. The van der Waals surface area contributed by atoms with Gasteiger partial charge in [-0.05, 0) is 41.0 Å². The maximum atomic E-state index is 11.9. The number of nitrogens with zero attached hydrogens (tertiary/aromatic N) is 2. The van der Waals surface area contributed by atoms with Crippen molar-refractivity contribution in [3.8, 4) is 0 Å². The van der Waals surface area contributed by atoms with Crippen LogP contribution in [0.3, 0.4) is 0 Å². The molecule has 5 nitrogen and oxygen atoms in total. The highest BCUT2D eigenvalue weighted by atomic mass is 79.9. The monoisotopic (exact) mass is 329 g/mol. The predicted octanol–water partition coefficient (Wildman–Crippen LogP) is 1.88. The molecule has 0 fully saturated rings. The highest BCUT2D eigenvalue weighted by Crippen LogP contribution is 2.10. The molecule has 0 saturated heterocycles. The molecule has 0 aromatic carbocycles. The summed E-state index contributed by atoms with van der Waals surface area (Å²) in [6.07, 6.45) is 3.72. The molecule has 0 aliphatic rings. The van der Waals surface area contributed by atoms with E-state index in [0.717, 1.165) is 23.9 Å². The second kappa shape index (κ2) is 9.01. The van der Waals surface area contributed by atoms with Crippen LogP contribution >= 0.6 is 15.9 Å². The number of anilines is 1. The lowest BCUT2D eigenvalue weighted by molar-refractivity contribution is -0.117. The SMILES string of the molecule is CCCCN(CCO)CC(=O)Nc1ccc(Br)cn1. The van der Waals surface area contributed by atoms with Crippen LogP contribution in [0.4, 0.5) is 5.82 Å². The van der Waals surface area contributed by atoms with E-state index in [1.807, 2.05) is 11.0 Å². The van der Waals surface area contributed by atoms with Gasteiger partial charge in [0.25, 0.3) is 0 Å². The standard InChI is InChI=1S/C13H20BrN3O2/c1-2-3-6-17(7-8-18)10-13(19)16-12-5-4-11(14)9-15-12/h4-5,9,18H,2-3,6-8,10H2,1H3,(H,15,16,19). The third kappa shape index (κ3) is 6.66. The number of amides is 1. The van der Waals surface area contributed by atoms with Gasteiger partial charge in [0.1, 0.15) is 5.82 Å². The predicted molar refractivity (Wildman–Crippen MR) is 79.0 cm³/mol. The zero-order chi connectivity index (χ0) is 14.1. The van der Waals surface area contributed by atoms with E-state index >= 15 is 0 Å². The summed E-state index contributed by atoms with van der Waals surface area (Å²) in [5.74, 6) is 0.423. The van der Waals surface area contributed by atoms with Crippen LogP contribution in [0.5, 0.6) is 0 Å². The van der Waals surface area contributed by atoms with E-state index in [4.69, 9.17) is 5.11 Å². The highest BCUT2D eigenvalue weighted by Gasteiger charge is 2.10. The molecule has 0 spiro atoms. The summed E-state index contributed by atoms with van der Waals surface area (Å²) in [5, 5.41) is 11.7. The number of aliphatic hydroxyl groups excluding tert-OH is 1. The second-order valence-electron chi connectivity index (χ2n) is 4.26. The van der Waals surface area contributed by atoms with Crippen molar-refractivity contribution in [2.45, 2.75) is 19.8 Å². The van der Waals surface area contributed by atoms with Gasteiger partial charge in [-0.3, -0.25) is 9.69 Å². The lowest BCUT2D eigenvalue weighted by Gasteiger charge is -2.20. The molecular formula is C13H20BrN3O2. The maximum absolute atomic E-state index is 11.9. The van der Waals surface area contributed by atoms with Gasteiger partial charge in [-0.15, -0.1) is 0 Å². The summed E-state index contributed by atoms with van der Waals surface area (Å²) in [7, 11) is 0. The molecule has 106 valence electrons. The van der Waals surface area contributed by atoms with Gasteiger partial charge in [-0.25, -0.2) is 4.98 Å². The molecule has 0 bridgehead atoms. The summed E-state index contributed by atoms with van der Waals surface area (Å²) in [6.45, 7) is 3.77. The summed E-state index contributed by atoms with van der Waals surface area (Å²) in [4.78, 5) is 17.9. The number of pyridine rings is 1. The van der Waals surface area contributed by atoms with Gasteiger partial charge >= 0.3 is 0 Å². The van der Waals surface area contributed by atoms with Gasteiger partial charge < -0.3 is 10.4 Å². The molecule has 0 atom stereocenters. The number of unbranched alkanes of at least 4 members (excludes halogenated alkanes) is 1. The van der Waals surface area contributed by atoms with Crippen molar-refractivity contribution >= 4 is 27.7 Å². The van der Waals surface area contributed by atoms with Gasteiger partial charge in [-0.2, -0.15) is 0 Å². The van der Waals surface area contributed by atoms with Crippen LogP contribution in [-0.4, -0.2) is 47.1 Å². The number of rotatable bonds is 8. The molecule has 0 saturated carbocycles. The zero-order valence-corrected chi connectivity index (χ0v) is 12.7. The first-order valence-electron chi connectivity index (χ1n) is 6.40. The lowest BCUT2D eigenvalue weighted by Crippen LogP contribution is -2.36. The van der Waals surface area contributed by atoms with Crippen molar-refractivity contribution < 1.29 is 9.90 Å². The second-order valence-corrected chi connectivity index (χ2v) is 5.18. The zero-order valence-electron chi connectivity index (χ0n) is 11.1. The average molecular weight is 330 g/mol. The van der Waals surface area contributed by atoms with E-state index in [2.05, 4.69) is 33.2 Å². The van der Waals surface area contributed by atoms with Gasteiger partial charge in [0, 0.05) is 17.2 Å². The fourth-order valence-corrected chi connectivity index (χ4v) is 1.86. The van der Waals surface area contributed by atoms with Gasteiger partial charge in [-0.1, -0.05) is 13.3 Å². The van der Waals surface area contributed by atoms with E-state index in [1.165, 1.54) is 0 Å². The van der Waals surface area contributed by atoms with Crippen LogP contribution in [0.2, 0.25) is 0 Å². The van der Waals surface area contributed by atoms with E-state index in [9.17, 15) is 4.79 Å². The number of aliphatic hydroxyl groups is 1. The Morgan fingerprint density at radius 3 is 2.84 bits per heavy atom. The minimum absolute atomic E-state index is 0.0630. The fourth-order valence-electron chi connectivity index (χ4n) is 1.63. The van der Waals surface area contributed by atoms with Gasteiger partial charge in [0.15, 0.2) is 0 Å². The van der Waals surface area contributed by atoms with Crippen molar-refractivity contribution in [1.29, 1.82) is 0 Å². The van der Waals surface area contributed by atoms with Crippen molar-refractivity contribution in [2.75, 3.05) is 31.6 Å². The van der Waals surface area contributed by atoms with Crippen LogP contribution in [0.1, 0.15) is 19.8 Å². The van der Waals surface area contributed by atoms with E-state index in [0.29, 0.717) is 12.4 Å². The average Bonchev–Trinajstić information content (AvgIpc) is 2.39. The molecule has 6 heteroatoms. The normalized spacial score (nSPS) is 10.7.